The number of piperidine rings is 1. The van der Waals surface area contributed by atoms with E-state index >= 15 is 0 Å². The summed E-state index contributed by atoms with van der Waals surface area (Å²) in [6.45, 7) is 0. The summed E-state index contributed by atoms with van der Waals surface area (Å²) in [5.74, 6) is -1.11. The topological polar surface area (TPSA) is 112 Å². The summed E-state index contributed by atoms with van der Waals surface area (Å²) in [4.78, 5) is 32.0. The number of rotatable bonds is 6. The number of primary amides is 1. The molecule has 2 N–H and O–H groups in total. The van der Waals surface area contributed by atoms with Gasteiger partial charge in [-0.15, -0.1) is 0 Å². The van der Waals surface area contributed by atoms with Crippen LogP contribution in [0.15, 0.2) is 34.9 Å². The summed E-state index contributed by atoms with van der Waals surface area (Å²) < 4.78 is 27.0. The molecule has 12 heteroatoms. The van der Waals surface area contributed by atoms with Crippen molar-refractivity contribution in [2.24, 2.45) is 5.73 Å². The second-order valence-corrected chi connectivity index (χ2v) is 12.4. The van der Waals surface area contributed by atoms with Crippen LogP contribution in [0.5, 0.6) is 0 Å². The lowest BCUT2D eigenvalue weighted by Gasteiger charge is -2.38. The normalized spacial score (nSPS) is 22.2. The van der Waals surface area contributed by atoms with Crippen molar-refractivity contribution in [3.05, 3.63) is 63.1 Å². The van der Waals surface area contributed by atoms with Gasteiger partial charge in [-0.1, -0.05) is 45.8 Å². The zero-order valence-electron chi connectivity index (χ0n) is 21.0. The molecule has 2 aromatic heterocycles. The van der Waals surface area contributed by atoms with Crippen molar-refractivity contribution < 1.29 is 23.2 Å². The van der Waals surface area contributed by atoms with Crippen LogP contribution in [-0.4, -0.2) is 40.2 Å². The van der Waals surface area contributed by atoms with Crippen molar-refractivity contribution in [3.8, 4) is 11.3 Å². The fourth-order valence-corrected chi connectivity index (χ4v) is 7.73. The summed E-state index contributed by atoms with van der Waals surface area (Å²) >= 11 is 14.2. The zero-order chi connectivity index (χ0) is 27.7. The van der Waals surface area contributed by atoms with Gasteiger partial charge in [0.25, 0.3) is 0 Å². The van der Waals surface area contributed by atoms with E-state index in [0.29, 0.717) is 55.3 Å². The molecule has 1 unspecified atom stereocenters. The van der Waals surface area contributed by atoms with E-state index in [4.69, 9.17) is 38.2 Å². The monoisotopic (exact) mass is 600 g/mol. The van der Waals surface area contributed by atoms with Crippen molar-refractivity contribution in [1.82, 2.24) is 10.1 Å². The smallest absolute Gasteiger partial charge is 0.344 e. The van der Waals surface area contributed by atoms with Gasteiger partial charge in [-0.2, -0.15) is 0 Å². The Hall–Kier alpha value is -3.21. The highest BCUT2D eigenvalue weighted by Crippen LogP contribution is 2.47. The van der Waals surface area contributed by atoms with Crippen LogP contribution < -0.4 is 10.6 Å². The Labute approximate surface area is 242 Å². The van der Waals surface area contributed by atoms with Gasteiger partial charge in [-0.25, -0.2) is 14.2 Å². The van der Waals surface area contributed by atoms with E-state index in [1.54, 1.807) is 24.3 Å². The lowest BCUT2D eigenvalue weighted by atomic mass is 9.99. The molecule has 3 atom stereocenters. The third-order valence-corrected chi connectivity index (χ3v) is 9.62. The minimum absolute atomic E-state index is 0.0821. The van der Waals surface area contributed by atoms with Crippen LogP contribution in [0.4, 0.5) is 9.52 Å². The van der Waals surface area contributed by atoms with Crippen LogP contribution in [-0.2, 0) is 4.74 Å². The number of amides is 1. The Morgan fingerprint density at radius 3 is 2.45 bits per heavy atom. The van der Waals surface area contributed by atoms with Crippen LogP contribution in [0, 0.1) is 5.82 Å². The molecule has 4 heterocycles. The molecule has 40 heavy (non-hydrogen) atoms. The first-order valence-corrected chi connectivity index (χ1v) is 14.7. The molecule has 8 nitrogen and oxygen atoms in total. The number of thiazole rings is 1. The number of esters is 1. The van der Waals surface area contributed by atoms with E-state index in [9.17, 15) is 14.0 Å². The zero-order valence-corrected chi connectivity index (χ0v) is 23.4. The number of anilines is 1. The lowest BCUT2D eigenvalue weighted by molar-refractivity contribution is 0.0202. The number of aromatic nitrogens is 2. The molecule has 0 radical (unpaired) electrons. The van der Waals surface area contributed by atoms with Gasteiger partial charge in [0.15, 0.2) is 16.7 Å². The van der Waals surface area contributed by atoms with Gasteiger partial charge in [0.2, 0.25) is 5.91 Å². The Kier molecular flexibility index (Phi) is 6.25. The number of hydrogen-bond donors (Lipinski definition) is 1. The van der Waals surface area contributed by atoms with E-state index in [1.165, 1.54) is 11.3 Å². The van der Waals surface area contributed by atoms with Crippen molar-refractivity contribution in [3.63, 3.8) is 0 Å². The van der Waals surface area contributed by atoms with Crippen LogP contribution in [0.2, 0.25) is 10.0 Å². The Bertz CT molecular complexity index is 1650. The molecule has 2 bridgehead atoms. The number of fused-ring (bicyclic) bond motifs is 3. The second-order valence-electron chi connectivity index (χ2n) is 10.6. The standard InChI is InChI=1S/C28H23Cl2FN4O4S/c29-17-2-1-3-18(30)21(17)24-22(25(39-34-24)12-4-5-12)27(37)38-16-10-14-6-7-15(11-16)35(14)28-33-23-19(31)8-13(26(32)36)9-20(23)40-28/h1-3,8-9,12,14-16H,4-7,10-11H2,(H2,32,36)/t14-,15+,16?. The Morgan fingerprint density at radius 2 is 1.80 bits per heavy atom. The van der Waals surface area contributed by atoms with Crippen LogP contribution in [0.3, 0.4) is 0 Å². The third kappa shape index (κ3) is 4.33. The average molecular weight is 601 g/mol. The van der Waals surface area contributed by atoms with Crippen molar-refractivity contribution in [2.45, 2.75) is 62.6 Å². The third-order valence-electron chi connectivity index (χ3n) is 7.98. The maximum Gasteiger partial charge on any atom is 0.344 e. The molecule has 1 aliphatic carbocycles. The number of ether oxygens (including phenoxy) is 1. The molecular weight excluding hydrogens is 578 g/mol. The summed E-state index contributed by atoms with van der Waals surface area (Å²) in [6.07, 6.45) is 4.55. The van der Waals surface area contributed by atoms with E-state index < -0.39 is 17.7 Å². The Morgan fingerprint density at radius 1 is 1.10 bits per heavy atom. The maximum absolute atomic E-state index is 14.7. The summed E-state index contributed by atoms with van der Waals surface area (Å²) in [5.41, 5.74) is 6.74. The second kappa shape index (κ2) is 9.71. The van der Waals surface area contributed by atoms with Crippen LogP contribution in [0.1, 0.15) is 70.9 Å². The molecule has 2 saturated heterocycles. The molecule has 3 fully saturated rings. The first-order chi connectivity index (χ1) is 19.3. The summed E-state index contributed by atoms with van der Waals surface area (Å²) in [6, 6.07) is 7.99. The molecule has 0 spiro atoms. The van der Waals surface area contributed by atoms with Gasteiger partial charge in [-0.05, 0) is 49.9 Å². The molecule has 3 aliphatic rings. The molecule has 1 saturated carbocycles. The largest absolute Gasteiger partial charge is 0.458 e. The van der Waals surface area contributed by atoms with Crippen molar-refractivity contribution in [2.75, 3.05) is 4.90 Å². The fourth-order valence-electron chi connectivity index (χ4n) is 5.99. The molecule has 1 amide bonds. The highest BCUT2D eigenvalue weighted by Gasteiger charge is 2.45. The molecule has 4 aromatic rings. The van der Waals surface area contributed by atoms with Crippen molar-refractivity contribution in [1.29, 1.82) is 0 Å². The number of nitrogens with two attached hydrogens (primary N) is 1. The number of halogens is 3. The SMILES string of the molecule is NC(=O)c1cc(F)c2nc(N3[C@@H]4CC[C@H]3CC(OC(=O)c3c(-c5c(Cl)cccc5Cl)noc3C3CC3)C4)sc2c1. The van der Waals surface area contributed by atoms with Gasteiger partial charge in [-0.3, -0.25) is 4.79 Å². The number of hydrogen-bond acceptors (Lipinski definition) is 8. The Balaban J connectivity index is 1.14. The molecule has 7 rings (SSSR count). The minimum atomic E-state index is -0.684. The van der Waals surface area contributed by atoms with Crippen molar-refractivity contribution >= 4 is 61.8 Å². The van der Waals surface area contributed by atoms with Gasteiger partial charge < -0.3 is 19.9 Å². The molecule has 206 valence electrons. The van der Waals surface area contributed by atoms with Crippen LogP contribution >= 0.6 is 34.5 Å². The molecular formula is C28H23Cl2FN4O4S. The molecule has 2 aliphatic heterocycles. The predicted octanol–water partition coefficient (Wildman–Crippen LogP) is 6.73. The number of carbonyl (C=O) groups is 2. The fraction of sp³-hybridized carbons (Fsp3) is 0.357. The number of carbonyl (C=O) groups excluding carboxylic acids is 2. The van der Waals surface area contributed by atoms with E-state index in [2.05, 4.69) is 15.0 Å². The van der Waals surface area contributed by atoms with Gasteiger partial charge in [0.05, 0.1) is 14.7 Å². The van der Waals surface area contributed by atoms with E-state index in [-0.39, 0.29) is 35.2 Å². The lowest BCUT2D eigenvalue weighted by Crippen LogP contribution is -2.46. The number of nitrogens with zero attached hydrogens (tertiary/aromatic N) is 3. The first-order valence-electron chi connectivity index (χ1n) is 13.1. The quantitative estimate of drug-likeness (QED) is 0.244. The average Bonchev–Trinajstić information content (AvgIpc) is 3.41. The first kappa shape index (κ1) is 25.7. The van der Waals surface area contributed by atoms with Gasteiger partial charge in [0, 0.05) is 42.0 Å². The minimum Gasteiger partial charge on any atom is -0.458 e. The predicted molar refractivity (Wildman–Crippen MR) is 150 cm³/mol. The van der Waals surface area contributed by atoms with E-state index in [0.717, 1.165) is 31.7 Å². The maximum atomic E-state index is 14.7. The number of benzene rings is 2. The van der Waals surface area contributed by atoms with Gasteiger partial charge in [0.1, 0.15) is 22.9 Å². The summed E-state index contributed by atoms with van der Waals surface area (Å²) in [5, 5.41) is 5.64. The highest BCUT2D eigenvalue weighted by atomic mass is 35.5. The van der Waals surface area contributed by atoms with Gasteiger partial charge >= 0.3 is 5.97 Å². The highest BCUT2D eigenvalue weighted by molar-refractivity contribution is 7.22. The van der Waals surface area contributed by atoms with Crippen LogP contribution in [0.25, 0.3) is 21.5 Å². The molecule has 2 aromatic carbocycles. The summed E-state index contributed by atoms with van der Waals surface area (Å²) in [7, 11) is 0. The van der Waals surface area contributed by atoms with E-state index in [1.807, 2.05) is 0 Å².